The smallest absolute Gasteiger partial charge is 0.407 e. The normalized spacial score (nSPS) is 33.4. The van der Waals surface area contributed by atoms with Gasteiger partial charge in [0.15, 0.2) is 23.6 Å². The standard InChI is InChI=1S/C42H57NO15/c1-10-11-17-53-38(51)43-30(21(2)3)31(47)37(50)56-26-19-42(52)35(57-36(49)25-15-13-12-14-16-25)33-40(9,27(46)18-28-41(33,20-54-28)58-24(6)45)34(48)32(55-23(5)44)29(22(26)4)39(42,7)8/h12-16,21,26-28,30-33,35,46-47,52H,10-11,17-20H2,1-9H3,(H,43,51)/t26?,27-,28+,30-,31+,32+,33-,35-,40+,41-,42+/m0/s1. The van der Waals surface area contributed by atoms with Crippen molar-refractivity contribution in [1.82, 2.24) is 5.32 Å². The van der Waals surface area contributed by atoms with Crippen molar-refractivity contribution in [3.8, 4) is 0 Å². The highest BCUT2D eigenvalue weighted by molar-refractivity contribution is 5.95. The topological polar surface area (TPSA) is 231 Å². The van der Waals surface area contributed by atoms with Gasteiger partial charge < -0.3 is 49.1 Å². The summed E-state index contributed by atoms with van der Waals surface area (Å²) in [6.45, 7) is 13.3. The van der Waals surface area contributed by atoms with Gasteiger partial charge in [-0.05, 0) is 49.5 Å². The number of aliphatic hydroxyl groups is 3. The summed E-state index contributed by atoms with van der Waals surface area (Å²) in [5.41, 5.74) is -7.53. The van der Waals surface area contributed by atoms with E-state index < -0.39 is 119 Å². The number of unbranched alkanes of at least 4 members (excludes halogenated alkanes) is 1. The number of carbonyl (C=O) groups excluding carboxylic acids is 6. The summed E-state index contributed by atoms with van der Waals surface area (Å²) >= 11 is 0. The fourth-order valence-electron chi connectivity index (χ4n) is 9.47. The van der Waals surface area contributed by atoms with Gasteiger partial charge in [0.05, 0.1) is 42.3 Å². The van der Waals surface area contributed by atoms with Crippen LogP contribution in [0.15, 0.2) is 41.5 Å². The summed E-state index contributed by atoms with van der Waals surface area (Å²) in [6.07, 6.45) is -9.77. The number of ether oxygens (including phenoxy) is 6. The predicted molar refractivity (Wildman–Crippen MR) is 203 cm³/mol. The van der Waals surface area contributed by atoms with Crippen LogP contribution >= 0.6 is 0 Å². The minimum atomic E-state index is -2.36. The zero-order chi connectivity index (χ0) is 43.1. The Hall–Kier alpha value is -4.38. The Kier molecular flexibility index (Phi) is 12.9. The zero-order valence-corrected chi connectivity index (χ0v) is 34.6. The third-order valence-corrected chi connectivity index (χ3v) is 12.8. The number of nitrogens with one attached hydrogen (secondary N) is 1. The number of hydrogen-bond donors (Lipinski definition) is 4. The summed E-state index contributed by atoms with van der Waals surface area (Å²) < 4.78 is 35.2. The third kappa shape index (κ3) is 7.64. The molecule has 0 aromatic heterocycles. The minimum Gasteiger partial charge on any atom is -0.456 e. The van der Waals surface area contributed by atoms with Crippen molar-refractivity contribution in [3.63, 3.8) is 0 Å². The largest absolute Gasteiger partial charge is 0.456 e. The van der Waals surface area contributed by atoms with Crippen molar-refractivity contribution in [2.24, 2.45) is 22.7 Å². The van der Waals surface area contributed by atoms with Crippen LogP contribution in [-0.2, 0) is 47.6 Å². The Balaban J connectivity index is 1.71. The third-order valence-electron chi connectivity index (χ3n) is 12.8. The maximum absolute atomic E-state index is 15.4. The molecule has 1 aliphatic heterocycles. The van der Waals surface area contributed by atoms with Crippen LogP contribution in [-0.4, -0.2) is 118 Å². The Morgan fingerprint density at radius 1 is 1.00 bits per heavy atom. The first-order valence-corrected chi connectivity index (χ1v) is 19.8. The summed E-state index contributed by atoms with van der Waals surface area (Å²) in [6, 6.07) is 6.66. The first-order chi connectivity index (χ1) is 27.1. The second kappa shape index (κ2) is 16.7. The van der Waals surface area contributed by atoms with E-state index in [1.807, 2.05) is 6.92 Å². The number of Topliss-reactive ketones (excluding diaryl/α,β-unsaturated/α-hetero) is 1. The summed E-state index contributed by atoms with van der Waals surface area (Å²) in [7, 11) is 0. The van der Waals surface area contributed by atoms with Gasteiger partial charge in [-0.2, -0.15) is 0 Å². The molecule has 0 spiro atoms. The molecule has 16 nitrogen and oxygen atoms in total. The number of esters is 4. The summed E-state index contributed by atoms with van der Waals surface area (Å²) in [4.78, 5) is 81.9. The molecule has 2 saturated carbocycles. The average molecular weight is 816 g/mol. The van der Waals surface area contributed by atoms with E-state index in [0.29, 0.717) is 6.42 Å². The zero-order valence-electron chi connectivity index (χ0n) is 34.6. The van der Waals surface area contributed by atoms with Crippen LogP contribution in [0.2, 0.25) is 0 Å². The van der Waals surface area contributed by atoms with Crippen LogP contribution in [0, 0.1) is 22.7 Å². The number of rotatable bonds is 12. The van der Waals surface area contributed by atoms with Crippen molar-refractivity contribution in [3.05, 3.63) is 47.0 Å². The Bertz CT molecular complexity index is 1810. The highest BCUT2D eigenvalue weighted by Gasteiger charge is 2.78. The quantitative estimate of drug-likeness (QED) is 0.103. The number of fused-ring (bicyclic) bond motifs is 5. The molecule has 0 radical (unpaired) electrons. The Morgan fingerprint density at radius 3 is 2.21 bits per heavy atom. The second-order valence-corrected chi connectivity index (χ2v) is 17.0. The van der Waals surface area contributed by atoms with Gasteiger partial charge in [0.2, 0.25) is 0 Å². The number of alkyl carbamates (subject to hydrolysis) is 1. The van der Waals surface area contributed by atoms with E-state index >= 15 is 4.79 Å². The molecule has 5 rings (SSSR count). The lowest BCUT2D eigenvalue weighted by Crippen LogP contribution is -2.82. The lowest BCUT2D eigenvalue weighted by atomic mass is 9.44. The fraction of sp³-hybridized carbons (Fsp3) is 0.667. The highest BCUT2D eigenvalue weighted by atomic mass is 16.6. The number of aliphatic hydroxyl groups excluding tert-OH is 2. The van der Waals surface area contributed by atoms with Crippen molar-refractivity contribution >= 4 is 35.8 Å². The van der Waals surface area contributed by atoms with E-state index in [0.717, 1.165) is 20.3 Å². The molecule has 1 amide bonds. The van der Waals surface area contributed by atoms with Gasteiger partial charge in [0.1, 0.15) is 23.9 Å². The van der Waals surface area contributed by atoms with Crippen LogP contribution in [0.4, 0.5) is 4.79 Å². The molecule has 1 saturated heterocycles. The van der Waals surface area contributed by atoms with Crippen LogP contribution in [0.1, 0.15) is 98.4 Å². The van der Waals surface area contributed by atoms with Crippen LogP contribution < -0.4 is 5.32 Å². The molecular formula is C42H57NO15. The highest BCUT2D eigenvalue weighted by Crippen LogP contribution is 2.64. The van der Waals surface area contributed by atoms with Crippen LogP contribution in [0.5, 0.6) is 0 Å². The SMILES string of the molecule is CCCCOC(=O)N[C@@H](C(C)C)[C@@H](O)C(=O)OC1C[C@@]2(O)[C@@H](OC(=O)c3ccccc3)[C@@H]3[C@]4(OC(C)=O)CO[C@@H]4C[C@H](O)[C@@]3(C)C(=O)[C@H](OC(C)=O)C(=C1C)C2(C)C. The van der Waals surface area contributed by atoms with Gasteiger partial charge in [-0.15, -0.1) is 0 Å². The maximum atomic E-state index is 15.4. The van der Waals surface area contributed by atoms with Gasteiger partial charge in [0.25, 0.3) is 0 Å². The van der Waals surface area contributed by atoms with Crippen LogP contribution in [0.3, 0.4) is 0 Å². The Morgan fingerprint density at radius 2 is 1.66 bits per heavy atom. The molecule has 3 fully saturated rings. The molecule has 16 heteroatoms. The van der Waals surface area contributed by atoms with Crippen molar-refractivity contribution < 1.29 is 72.5 Å². The molecule has 320 valence electrons. The maximum Gasteiger partial charge on any atom is 0.407 e. The van der Waals surface area contributed by atoms with Crippen molar-refractivity contribution in [1.29, 1.82) is 0 Å². The number of carbonyl (C=O) groups is 6. The number of ketones is 1. The van der Waals surface area contributed by atoms with E-state index in [-0.39, 0.29) is 36.3 Å². The van der Waals surface area contributed by atoms with Gasteiger partial charge in [-0.25, -0.2) is 14.4 Å². The number of benzene rings is 1. The molecule has 4 N–H and O–H groups in total. The first-order valence-electron chi connectivity index (χ1n) is 19.8. The molecule has 1 heterocycles. The van der Waals surface area contributed by atoms with Gasteiger partial charge >= 0.3 is 30.0 Å². The van der Waals surface area contributed by atoms with Gasteiger partial charge in [0, 0.05) is 32.1 Å². The van der Waals surface area contributed by atoms with Gasteiger partial charge in [-0.1, -0.05) is 59.2 Å². The molecular weight excluding hydrogens is 758 g/mol. The van der Waals surface area contributed by atoms with Gasteiger partial charge in [-0.3, -0.25) is 14.4 Å². The summed E-state index contributed by atoms with van der Waals surface area (Å²) in [5, 5.41) is 39.4. The van der Waals surface area contributed by atoms with Crippen LogP contribution in [0.25, 0.3) is 0 Å². The van der Waals surface area contributed by atoms with E-state index in [4.69, 9.17) is 28.4 Å². The Labute approximate surface area is 337 Å². The summed E-state index contributed by atoms with van der Waals surface area (Å²) in [5.74, 6) is -6.68. The monoisotopic (exact) mass is 815 g/mol. The minimum absolute atomic E-state index is 0.00734. The molecule has 11 atom stereocenters. The van der Waals surface area contributed by atoms with E-state index in [1.165, 1.54) is 26.0 Å². The molecule has 1 unspecified atom stereocenters. The molecule has 2 bridgehead atoms. The molecule has 58 heavy (non-hydrogen) atoms. The fourth-order valence-corrected chi connectivity index (χ4v) is 9.47. The first kappa shape index (κ1) is 44.7. The molecule has 4 aliphatic rings. The van der Waals surface area contributed by atoms with E-state index in [9.17, 15) is 39.3 Å². The molecule has 3 aliphatic carbocycles. The lowest BCUT2D eigenvalue weighted by molar-refractivity contribution is -0.346. The van der Waals surface area contributed by atoms with Crippen molar-refractivity contribution in [2.45, 2.75) is 142 Å². The van der Waals surface area contributed by atoms with E-state index in [1.54, 1.807) is 45.9 Å². The second-order valence-electron chi connectivity index (χ2n) is 17.0. The van der Waals surface area contributed by atoms with E-state index in [2.05, 4.69) is 5.32 Å². The average Bonchev–Trinajstić information content (AvgIpc) is 3.14. The molecule has 1 aromatic rings. The molecule has 1 aromatic carbocycles. The lowest BCUT2D eigenvalue weighted by Gasteiger charge is -2.67. The number of hydrogen-bond acceptors (Lipinski definition) is 15. The predicted octanol–water partition coefficient (Wildman–Crippen LogP) is 3.12. The number of amides is 1. The van der Waals surface area contributed by atoms with Crippen molar-refractivity contribution in [2.75, 3.05) is 13.2 Å².